The number of aromatic nitrogens is 1. The zero-order chi connectivity index (χ0) is 34.1. The molecule has 0 spiro atoms. The number of rotatable bonds is 16. The predicted molar refractivity (Wildman–Crippen MR) is 195 cm³/mol. The zero-order valence-corrected chi connectivity index (χ0v) is 30.4. The summed E-state index contributed by atoms with van der Waals surface area (Å²) in [5, 5.41) is 27.8. The van der Waals surface area contributed by atoms with Gasteiger partial charge in [-0.2, -0.15) is 0 Å². The number of H-pyrrole nitrogens is 1. The first-order chi connectivity index (χ1) is 23.9. The number of ether oxygens (including phenoxy) is 1. The number of carbonyl (C=O) groups excluding carboxylic acids is 1. The number of unbranched alkanes of at least 4 members (excludes halogenated alkanes) is 6. The highest BCUT2D eigenvalue weighted by molar-refractivity contribution is 5.91. The van der Waals surface area contributed by atoms with Crippen LogP contribution in [0.25, 0.3) is 22.0 Å². The lowest BCUT2D eigenvalue weighted by Gasteiger charge is -2.54. The number of hydrogen-bond donors (Lipinski definition) is 5. The molecule has 4 heterocycles. The second-order valence-corrected chi connectivity index (χ2v) is 14.1. The van der Waals surface area contributed by atoms with Crippen molar-refractivity contribution in [3.8, 4) is 16.9 Å². The number of anilines is 1. The fraction of sp³-hybridized carbons (Fsp3) is 0.450. The highest BCUT2D eigenvalue weighted by Gasteiger charge is 2.51. The van der Waals surface area contributed by atoms with Crippen LogP contribution in [0.4, 0.5) is 10.5 Å². The summed E-state index contributed by atoms with van der Waals surface area (Å²) in [4.78, 5) is 27.4. The van der Waals surface area contributed by atoms with Gasteiger partial charge in [0.25, 0.3) is 0 Å². The van der Waals surface area contributed by atoms with Crippen LogP contribution in [-0.4, -0.2) is 70.6 Å². The second-order valence-electron chi connectivity index (χ2n) is 14.1. The topological polar surface area (TPSA) is 124 Å². The highest BCUT2D eigenvalue weighted by atomic mass is 79.9. The Morgan fingerprint density at radius 1 is 0.840 bits per heavy atom. The molecule has 3 aliphatic heterocycles. The smallest absolute Gasteiger partial charge is 0.412 e. The molecule has 50 heavy (non-hydrogen) atoms. The van der Waals surface area contributed by atoms with Crippen LogP contribution in [0.1, 0.15) is 75.9 Å². The van der Waals surface area contributed by atoms with Crippen molar-refractivity contribution in [2.24, 2.45) is 0 Å². The van der Waals surface area contributed by atoms with Gasteiger partial charge in [0.05, 0.1) is 43.5 Å². The lowest BCUT2D eigenvalue weighted by molar-refractivity contribution is -0.944. The summed E-state index contributed by atoms with van der Waals surface area (Å²) in [5.41, 5.74) is 3.27. The molecule has 3 saturated heterocycles. The van der Waals surface area contributed by atoms with E-state index >= 15 is 0 Å². The summed E-state index contributed by atoms with van der Waals surface area (Å²) >= 11 is 0. The molecule has 10 heteroatoms. The molecule has 1 aromatic heterocycles. The summed E-state index contributed by atoms with van der Waals surface area (Å²) in [7, 11) is 0. The number of nitrogens with zero attached hydrogens (tertiary/aromatic N) is 1. The standard InChI is InChI=1S/C40H50N4O5.BrH/c45-35-19-17-32(33-18-20-37(47)43-38(33)35)36(46)29-41-24-11-4-2-1-3-5-12-25-44-26-21-40(22-27-44,23-28-44)49-39(48)42-34-16-10-9-15-31(34)30-13-7-6-8-14-30;/h6-10,13-20,36,41,46H,1-5,11-12,21-29H2,(H2-,42,43,45,47,48);1H/t36-,40?,44?;/m0./s1. The van der Waals surface area contributed by atoms with E-state index < -0.39 is 6.10 Å². The molecule has 0 radical (unpaired) electrons. The molecule has 3 fully saturated rings. The Labute approximate surface area is 305 Å². The van der Waals surface area contributed by atoms with Crippen LogP contribution in [0.3, 0.4) is 0 Å². The molecule has 4 aromatic rings. The van der Waals surface area contributed by atoms with E-state index in [0.717, 1.165) is 68.7 Å². The number of aliphatic hydroxyl groups is 1. The van der Waals surface area contributed by atoms with Crippen LogP contribution in [0.5, 0.6) is 5.75 Å². The van der Waals surface area contributed by atoms with Crippen LogP contribution >= 0.6 is 0 Å². The molecule has 0 saturated carbocycles. The number of phenolic OH excluding ortho intramolecular Hbond substituents is 1. The zero-order valence-electron chi connectivity index (χ0n) is 28.8. The molecule has 7 rings (SSSR count). The molecule has 1 amide bonds. The minimum atomic E-state index is -0.725. The van der Waals surface area contributed by atoms with Gasteiger partial charge in [0.2, 0.25) is 5.56 Å². The Balaban J connectivity index is 0.00000486. The molecule has 1 atom stereocenters. The minimum absolute atomic E-state index is 0. The van der Waals surface area contributed by atoms with Crippen LogP contribution in [0.15, 0.2) is 83.7 Å². The number of aromatic amines is 1. The summed E-state index contributed by atoms with van der Waals surface area (Å²) in [6, 6.07) is 24.3. The van der Waals surface area contributed by atoms with Crippen molar-refractivity contribution in [1.82, 2.24) is 10.3 Å². The van der Waals surface area contributed by atoms with Crippen molar-refractivity contribution >= 4 is 22.7 Å². The lowest BCUT2D eigenvalue weighted by Crippen LogP contribution is -3.00. The van der Waals surface area contributed by atoms with Gasteiger partial charge in [-0.25, -0.2) is 4.79 Å². The van der Waals surface area contributed by atoms with E-state index in [2.05, 4.69) is 27.8 Å². The van der Waals surface area contributed by atoms with Crippen LogP contribution in [0.2, 0.25) is 0 Å². The summed E-state index contributed by atoms with van der Waals surface area (Å²) in [6.45, 7) is 5.78. The van der Waals surface area contributed by atoms with Gasteiger partial charge in [0.1, 0.15) is 11.4 Å². The molecular formula is C40H51BrN4O5. The molecular weight excluding hydrogens is 696 g/mol. The number of quaternary nitrogens is 1. The summed E-state index contributed by atoms with van der Waals surface area (Å²) < 4.78 is 7.35. The number of piperidine rings is 3. The predicted octanol–water partition coefficient (Wildman–Crippen LogP) is 4.26. The average Bonchev–Trinajstić information content (AvgIpc) is 3.12. The number of amides is 1. The molecule has 9 nitrogen and oxygen atoms in total. The Morgan fingerprint density at radius 3 is 2.24 bits per heavy atom. The molecule has 5 N–H and O–H groups in total. The van der Waals surface area contributed by atoms with Crippen molar-refractivity contribution in [3.05, 3.63) is 94.8 Å². The minimum Gasteiger partial charge on any atom is -1.00 e. The quantitative estimate of drug-likeness (QED) is 0.0863. The van der Waals surface area contributed by atoms with Gasteiger partial charge >= 0.3 is 6.09 Å². The first-order valence-corrected chi connectivity index (χ1v) is 18.1. The van der Waals surface area contributed by atoms with E-state index in [4.69, 9.17) is 4.74 Å². The Bertz CT molecular complexity index is 1740. The average molecular weight is 748 g/mol. The first kappa shape index (κ1) is 37.6. The lowest BCUT2D eigenvalue weighted by atomic mass is 9.80. The van der Waals surface area contributed by atoms with E-state index in [1.807, 2.05) is 42.5 Å². The first-order valence-electron chi connectivity index (χ1n) is 18.1. The van der Waals surface area contributed by atoms with Crippen molar-refractivity contribution in [2.75, 3.05) is 44.6 Å². The molecule has 268 valence electrons. The fourth-order valence-corrected chi connectivity index (χ4v) is 7.79. The third-order valence-corrected chi connectivity index (χ3v) is 10.8. The number of halogens is 1. The van der Waals surface area contributed by atoms with Crippen molar-refractivity contribution in [2.45, 2.75) is 75.9 Å². The molecule has 3 aliphatic rings. The van der Waals surface area contributed by atoms with Crippen LogP contribution in [0, 0.1) is 0 Å². The third kappa shape index (κ3) is 9.34. The maximum Gasteiger partial charge on any atom is 0.412 e. The number of phenols is 1. The Kier molecular flexibility index (Phi) is 13.1. The summed E-state index contributed by atoms with van der Waals surface area (Å²) in [5.74, 6) is 0.000142. The third-order valence-electron chi connectivity index (χ3n) is 10.8. The van der Waals surface area contributed by atoms with E-state index in [0.29, 0.717) is 23.0 Å². The second kappa shape index (κ2) is 17.5. The van der Waals surface area contributed by atoms with Gasteiger partial charge in [0, 0.05) is 42.8 Å². The normalized spacial score (nSPS) is 20.3. The van der Waals surface area contributed by atoms with E-state index in [9.17, 15) is 19.8 Å². The monoisotopic (exact) mass is 746 g/mol. The van der Waals surface area contributed by atoms with Gasteiger partial charge in [-0.15, -0.1) is 0 Å². The van der Waals surface area contributed by atoms with Crippen molar-refractivity contribution in [1.29, 1.82) is 0 Å². The Morgan fingerprint density at radius 2 is 1.50 bits per heavy atom. The molecule has 2 bridgehead atoms. The number of fused-ring (bicyclic) bond motifs is 4. The number of benzene rings is 3. The van der Waals surface area contributed by atoms with E-state index in [1.165, 1.54) is 61.7 Å². The Hall–Kier alpha value is -3.70. The maximum atomic E-state index is 13.1. The number of carbonyl (C=O) groups is 1. The van der Waals surface area contributed by atoms with Crippen LogP contribution in [-0.2, 0) is 4.74 Å². The van der Waals surface area contributed by atoms with Gasteiger partial charge < -0.3 is 46.7 Å². The van der Waals surface area contributed by atoms with E-state index in [-0.39, 0.29) is 40.0 Å². The van der Waals surface area contributed by atoms with Gasteiger partial charge in [-0.05, 0) is 55.1 Å². The molecule has 0 unspecified atom stereocenters. The van der Waals surface area contributed by atoms with Gasteiger partial charge in [-0.3, -0.25) is 10.1 Å². The largest absolute Gasteiger partial charge is 1.00 e. The number of hydrogen-bond acceptors (Lipinski definition) is 6. The fourth-order valence-electron chi connectivity index (χ4n) is 7.79. The van der Waals surface area contributed by atoms with Crippen molar-refractivity contribution < 1.29 is 41.2 Å². The van der Waals surface area contributed by atoms with Gasteiger partial charge in [-0.1, -0.05) is 80.3 Å². The van der Waals surface area contributed by atoms with Crippen molar-refractivity contribution in [3.63, 3.8) is 0 Å². The number of nitrogens with one attached hydrogen (secondary N) is 3. The van der Waals surface area contributed by atoms with E-state index in [1.54, 1.807) is 12.1 Å². The summed E-state index contributed by atoms with van der Waals surface area (Å²) in [6.07, 6.45) is 10.2. The number of aromatic hydroxyl groups is 1. The number of aliphatic hydroxyl groups excluding tert-OH is 1. The molecule has 3 aromatic carbocycles. The van der Waals surface area contributed by atoms with Crippen LogP contribution < -0.4 is 33.2 Å². The SMILES string of the molecule is O=C(Nc1ccccc1-c1ccccc1)OC12CC[N+](CCCCCCCCCNC[C@H](O)c3ccc(O)c4[nH]c(=O)ccc34)(CC1)CC2.[Br-]. The van der Waals surface area contributed by atoms with Gasteiger partial charge in [0.15, 0.2) is 0 Å². The molecule has 0 aliphatic carbocycles. The highest BCUT2D eigenvalue weighted by Crippen LogP contribution is 2.41. The number of para-hydroxylation sites is 1. The maximum absolute atomic E-state index is 13.1. The number of pyridine rings is 1.